The van der Waals surface area contributed by atoms with Crippen molar-refractivity contribution in [3.8, 4) is 0 Å². The van der Waals surface area contributed by atoms with E-state index < -0.39 is 6.09 Å². The summed E-state index contributed by atoms with van der Waals surface area (Å²) in [6, 6.07) is 7.71. The molecule has 4 heteroatoms. The fraction of sp³-hybridized carbons (Fsp3) is 0.462. The number of aryl methyl sites for hydroxylation is 1. The molecule has 0 aliphatic rings. The molecule has 0 aliphatic heterocycles. The first kappa shape index (κ1) is 13.5. The van der Waals surface area contributed by atoms with Crippen LogP contribution in [0.4, 0.5) is 10.5 Å². The van der Waals surface area contributed by atoms with E-state index >= 15 is 0 Å². The van der Waals surface area contributed by atoms with Crippen molar-refractivity contribution in [2.75, 3.05) is 25.6 Å². The Kier molecular flexibility index (Phi) is 6.10. The van der Waals surface area contributed by atoms with Crippen molar-refractivity contribution in [2.24, 2.45) is 0 Å². The third-order valence-corrected chi connectivity index (χ3v) is 2.33. The molecule has 0 aromatic heterocycles. The van der Waals surface area contributed by atoms with Gasteiger partial charge in [0.1, 0.15) is 0 Å². The third kappa shape index (κ3) is 5.36. The van der Waals surface area contributed by atoms with Crippen molar-refractivity contribution < 1.29 is 14.3 Å². The van der Waals surface area contributed by atoms with E-state index in [1.807, 2.05) is 24.3 Å². The summed E-state index contributed by atoms with van der Waals surface area (Å²) in [5.74, 6) is 0. The minimum atomic E-state index is -0.426. The Morgan fingerprint density at radius 1 is 1.24 bits per heavy atom. The van der Waals surface area contributed by atoms with Crippen LogP contribution in [0, 0.1) is 0 Å². The summed E-state index contributed by atoms with van der Waals surface area (Å²) in [5.41, 5.74) is 1.99. The quantitative estimate of drug-likeness (QED) is 0.774. The molecular formula is C13H19NO3. The zero-order chi connectivity index (χ0) is 12.5. The number of carbonyl (C=O) groups excluding carboxylic acids is 1. The summed E-state index contributed by atoms with van der Waals surface area (Å²) in [6.45, 7) is 3.05. The highest BCUT2D eigenvalue weighted by Gasteiger charge is 2.02. The number of hydrogen-bond donors (Lipinski definition) is 1. The lowest BCUT2D eigenvalue weighted by atomic mass is 10.1. The monoisotopic (exact) mass is 237 g/mol. The van der Waals surface area contributed by atoms with E-state index in [9.17, 15) is 4.79 Å². The van der Waals surface area contributed by atoms with Crippen LogP contribution in [0.3, 0.4) is 0 Å². The number of nitrogens with one attached hydrogen (secondary N) is 1. The van der Waals surface area contributed by atoms with Crippen molar-refractivity contribution in [3.63, 3.8) is 0 Å². The first-order chi connectivity index (χ1) is 8.26. The Hall–Kier alpha value is -1.55. The fourth-order valence-electron chi connectivity index (χ4n) is 1.35. The van der Waals surface area contributed by atoms with E-state index in [2.05, 4.69) is 12.2 Å². The van der Waals surface area contributed by atoms with Gasteiger partial charge < -0.3 is 9.47 Å². The second kappa shape index (κ2) is 7.68. The van der Waals surface area contributed by atoms with Gasteiger partial charge in [0.2, 0.25) is 0 Å². The van der Waals surface area contributed by atoms with Crippen molar-refractivity contribution >= 4 is 11.8 Å². The maximum absolute atomic E-state index is 11.4. The number of hydrogen-bond acceptors (Lipinski definition) is 3. The second-order valence-corrected chi connectivity index (χ2v) is 3.66. The molecule has 0 bridgehead atoms. The van der Waals surface area contributed by atoms with E-state index in [0.29, 0.717) is 19.6 Å². The maximum Gasteiger partial charge on any atom is 0.411 e. The summed E-state index contributed by atoms with van der Waals surface area (Å²) in [6.07, 6.45) is 1.27. The third-order valence-electron chi connectivity index (χ3n) is 2.33. The van der Waals surface area contributed by atoms with E-state index in [0.717, 1.165) is 12.1 Å². The van der Waals surface area contributed by atoms with Gasteiger partial charge in [0.05, 0.1) is 6.61 Å². The van der Waals surface area contributed by atoms with E-state index in [1.54, 1.807) is 7.11 Å². The fourth-order valence-corrected chi connectivity index (χ4v) is 1.35. The highest BCUT2D eigenvalue weighted by atomic mass is 16.5. The van der Waals surface area contributed by atoms with Crippen LogP contribution >= 0.6 is 0 Å². The summed E-state index contributed by atoms with van der Waals surface area (Å²) in [5, 5.41) is 2.67. The summed E-state index contributed by atoms with van der Waals surface area (Å²) in [7, 11) is 1.62. The summed E-state index contributed by atoms with van der Waals surface area (Å²) >= 11 is 0. The van der Waals surface area contributed by atoms with Crippen LogP contribution in [0.2, 0.25) is 0 Å². The number of amides is 1. The maximum atomic E-state index is 11.4. The Labute approximate surface area is 102 Å². The van der Waals surface area contributed by atoms with Crippen LogP contribution in [-0.2, 0) is 15.9 Å². The van der Waals surface area contributed by atoms with Crippen LogP contribution in [0.5, 0.6) is 0 Å². The van der Waals surface area contributed by atoms with Crippen molar-refractivity contribution in [2.45, 2.75) is 19.8 Å². The van der Waals surface area contributed by atoms with Crippen molar-refractivity contribution in [1.82, 2.24) is 0 Å². The average molecular weight is 237 g/mol. The number of methoxy groups -OCH3 is 1. The highest BCUT2D eigenvalue weighted by Crippen LogP contribution is 2.10. The number of rotatable bonds is 6. The van der Waals surface area contributed by atoms with Crippen LogP contribution in [0.1, 0.15) is 18.9 Å². The van der Waals surface area contributed by atoms with Gasteiger partial charge in [-0.05, 0) is 24.1 Å². The number of ether oxygens (including phenoxy) is 2. The van der Waals surface area contributed by atoms with Gasteiger partial charge in [0.25, 0.3) is 0 Å². The molecule has 94 valence electrons. The predicted molar refractivity (Wildman–Crippen MR) is 67.3 cm³/mol. The minimum absolute atomic E-state index is 0.368. The number of anilines is 1. The lowest BCUT2D eigenvalue weighted by Gasteiger charge is -2.07. The minimum Gasteiger partial charge on any atom is -0.449 e. The molecule has 17 heavy (non-hydrogen) atoms. The van der Waals surface area contributed by atoms with E-state index in [-0.39, 0.29) is 0 Å². The predicted octanol–water partition coefficient (Wildman–Crippen LogP) is 2.83. The number of benzene rings is 1. The van der Waals surface area contributed by atoms with Gasteiger partial charge in [-0.3, -0.25) is 5.32 Å². The first-order valence-electron chi connectivity index (χ1n) is 5.78. The molecule has 0 saturated heterocycles. The van der Waals surface area contributed by atoms with Gasteiger partial charge in [-0.25, -0.2) is 4.79 Å². The molecule has 1 N–H and O–H groups in total. The Balaban J connectivity index is 2.29. The molecule has 0 aliphatic carbocycles. The molecular weight excluding hydrogens is 218 g/mol. The highest BCUT2D eigenvalue weighted by molar-refractivity contribution is 5.84. The zero-order valence-electron chi connectivity index (χ0n) is 10.4. The van der Waals surface area contributed by atoms with Crippen LogP contribution in [0.25, 0.3) is 0 Å². The first-order valence-corrected chi connectivity index (χ1v) is 5.78. The Morgan fingerprint density at radius 2 is 1.94 bits per heavy atom. The lowest BCUT2D eigenvalue weighted by molar-refractivity contribution is 0.134. The molecule has 4 nitrogen and oxygen atoms in total. The van der Waals surface area contributed by atoms with Gasteiger partial charge in [-0.2, -0.15) is 0 Å². The zero-order valence-corrected chi connectivity index (χ0v) is 10.4. The molecule has 0 radical (unpaired) electrons. The molecule has 1 aromatic rings. The molecule has 0 fully saturated rings. The van der Waals surface area contributed by atoms with Gasteiger partial charge in [0.15, 0.2) is 0 Å². The lowest BCUT2D eigenvalue weighted by Crippen LogP contribution is -2.15. The summed E-state index contributed by atoms with van der Waals surface area (Å²) in [4.78, 5) is 11.4. The second-order valence-electron chi connectivity index (χ2n) is 3.66. The molecule has 1 aromatic carbocycles. The Morgan fingerprint density at radius 3 is 2.53 bits per heavy atom. The van der Waals surface area contributed by atoms with E-state index in [4.69, 9.17) is 9.47 Å². The molecule has 0 atom stereocenters. The van der Waals surface area contributed by atoms with Gasteiger partial charge in [0, 0.05) is 25.8 Å². The summed E-state index contributed by atoms with van der Waals surface area (Å²) < 4.78 is 9.83. The van der Waals surface area contributed by atoms with Gasteiger partial charge in [-0.1, -0.05) is 19.1 Å². The molecule has 1 amide bonds. The molecule has 0 spiro atoms. The average Bonchev–Trinajstić information content (AvgIpc) is 2.36. The smallest absolute Gasteiger partial charge is 0.411 e. The standard InChI is InChI=1S/C13H19NO3/c1-3-11-5-7-12(8-6-11)14-13(15)17-10-4-9-16-2/h5-8H,3-4,9-10H2,1-2H3,(H,14,15). The molecule has 1 rings (SSSR count). The largest absolute Gasteiger partial charge is 0.449 e. The van der Waals surface area contributed by atoms with Crippen LogP contribution < -0.4 is 5.32 Å². The van der Waals surface area contributed by atoms with Gasteiger partial charge >= 0.3 is 6.09 Å². The van der Waals surface area contributed by atoms with Crippen LogP contribution in [0.15, 0.2) is 24.3 Å². The Bertz CT molecular complexity index is 335. The topological polar surface area (TPSA) is 47.6 Å². The van der Waals surface area contributed by atoms with Crippen molar-refractivity contribution in [3.05, 3.63) is 29.8 Å². The number of carbonyl (C=O) groups is 1. The molecule has 0 saturated carbocycles. The van der Waals surface area contributed by atoms with E-state index in [1.165, 1.54) is 5.56 Å². The van der Waals surface area contributed by atoms with Crippen LogP contribution in [-0.4, -0.2) is 26.4 Å². The normalized spacial score (nSPS) is 10.0. The molecule has 0 heterocycles. The van der Waals surface area contributed by atoms with Crippen molar-refractivity contribution in [1.29, 1.82) is 0 Å². The molecule has 0 unspecified atom stereocenters. The SMILES string of the molecule is CCc1ccc(NC(=O)OCCCOC)cc1. The van der Waals surface area contributed by atoms with Gasteiger partial charge in [-0.15, -0.1) is 0 Å².